The van der Waals surface area contributed by atoms with Crippen molar-refractivity contribution in [1.29, 1.82) is 0 Å². The number of rotatable bonds is 6. The lowest BCUT2D eigenvalue weighted by Gasteiger charge is -2.24. The molecule has 4 nitrogen and oxygen atoms in total. The molecule has 0 bridgehead atoms. The first-order valence-corrected chi connectivity index (χ1v) is 8.59. The number of hydrogen-bond acceptors (Lipinski definition) is 3. The summed E-state index contributed by atoms with van der Waals surface area (Å²) in [6.45, 7) is 4.68. The fourth-order valence-electron chi connectivity index (χ4n) is 2.18. The van der Waals surface area contributed by atoms with E-state index in [1.54, 1.807) is 36.1 Å². The largest absolute Gasteiger partial charge is 0.341 e. The summed E-state index contributed by atoms with van der Waals surface area (Å²) in [4.78, 5) is 27.4. The van der Waals surface area contributed by atoms with Crippen molar-refractivity contribution in [3.8, 4) is 0 Å². The molecular formula is C17H19ClN2O2S. The number of thiophene rings is 1. The van der Waals surface area contributed by atoms with Crippen molar-refractivity contribution in [2.75, 3.05) is 6.54 Å². The molecule has 1 aromatic carbocycles. The van der Waals surface area contributed by atoms with Gasteiger partial charge < -0.3 is 10.2 Å². The summed E-state index contributed by atoms with van der Waals surface area (Å²) in [7, 11) is 0. The van der Waals surface area contributed by atoms with Gasteiger partial charge in [-0.15, -0.1) is 11.3 Å². The molecule has 0 saturated heterocycles. The van der Waals surface area contributed by atoms with Gasteiger partial charge in [-0.3, -0.25) is 9.59 Å². The Morgan fingerprint density at radius 1 is 1.22 bits per heavy atom. The van der Waals surface area contributed by atoms with Crippen molar-refractivity contribution in [3.05, 3.63) is 57.2 Å². The highest BCUT2D eigenvalue weighted by Crippen LogP contribution is 2.22. The van der Waals surface area contributed by atoms with E-state index in [1.807, 2.05) is 25.1 Å². The number of benzene rings is 1. The van der Waals surface area contributed by atoms with Gasteiger partial charge in [0.05, 0.1) is 10.9 Å². The average Bonchev–Trinajstić information content (AvgIpc) is 2.97. The van der Waals surface area contributed by atoms with E-state index in [9.17, 15) is 9.59 Å². The van der Waals surface area contributed by atoms with Gasteiger partial charge in [-0.05, 0) is 38.1 Å². The Kier molecular flexibility index (Phi) is 6.19. The Morgan fingerprint density at radius 3 is 2.48 bits per heavy atom. The highest BCUT2D eigenvalue weighted by Gasteiger charge is 2.22. The molecule has 6 heteroatoms. The minimum absolute atomic E-state index is 0.110. The average molecular weight is 351 g/mol. The van der Waals surface area contributed by atoms with Crippen molar-refractivity contribution in [1.82, 2.24) is 10.2 Å². The van der Waals surface area contributed by atoms with Crippen LogP contribution in [0.3, 0.4) is 0 Å². The number of nitrogens with zero attached hydrogens (tertiary/aromatic N) is 1. The Balaban J connectivity index is 1.98. The van der Waals surface area contributed by atoms with Crippen LogP contribution in [0.15, 0.2) is 42.5 Å². The third-order valence-electron chi connectivity index (χ3n) is 3.42. The minimum Gasteiger partial charge on any atom is -0.341 e. The standard InChI is InChI=1S/C17H19ClN2O2S/c1-3-20(11-14-9-10-15(18)23-14)17(22)12(2)19-16(21)13-7-5-4-6-8-13/h4-10,12H,3,11H2,1-2H3,(H,19,21). The predicted octanol–water partition coefficient (Wildman–Crippen LogP) is 3.57. The summed E-state index contributed by atoms with van der Waals surface area (Å²) in [5, 5.41) is 2.75. The van der Waals surface area contributed by atoms with E-state index >= 15 is 0 Å². The number of hydrogen-bond donors (Lipinski definition) is 1. The quantitative estimate of drug-likeness (QED) is 0.865. The highest BCUT2D eigenvalue weighted by molar-refractivity contribution is 7.16. The van der Waals surface area contributed by atoms with Crippen LogP contribution in [0.2, 0.25) is 4.34 Å². The fraction of sp³-hybridized carbons (Fsp3) is 0.294. The van der Waals surface area contributed by atoms with Crippen molar-refractivity contribution in [2.24, 2.45) is 0 Å². The molecule has 1 heterocycles. The lowest BCUT2D eigenvalue weighted by molar-refractivity contribution is -0.133. The molecule has 1 aromatic heterocycles. The second kappa shape index (κ2) is 8.13. The Morgan fingerprint density at radius 2 is 1.91 bits per heavy atom. The molecule has 0 aliphatic carbocycles. The Hall–Kier alpha value is -1.85. The predicted molar refractivity (Wildman–Crippen MR) is 93.8 cm³/mol. The SMILES string of the molecule is CCN(Cc1ccc(Cl)s1)C(=O)C(C)NC(=O)c1ccccc1. The molecule has 0 aliphatic heterocycles. The van der Waals surface area contributed by atoms with Crippen LogP contribution in [0.5, 0.6) is 0 Å². The first-order chi connectivity index (χ1) is 11.0. The zero-order chi connectivity index (χ0) is 16.8. The molecule has 23 heavy (non-hydrogen) atoms. The van der Waals surface area contributed by atoms with Gasteiger partial charge in [0.2, 0.25) is 5.91 Å². The smallest absolute Gasteiger partial charge is 0.251 e. The van der Waals surface area contributed by atoms with E-state index in [4.69, 9.17) is 11.6 Å². The molecule has 2 rings (SSSR count). The van der Waals surface area contributed by atoms with Crippen molar-refractivity contribution in [3.63, 3.8) is 0 Å². The molecule has 0 radical (unpaired) electrons. The van der Waals surface area contributed by atoms with Gasteiger partial charge in [0.1, 0.15) is 6.04 Å². The van der Waals surface area contributed by atoms with Gasteiger partial charge in [0, 0.05) is 17.0 Å². The van der Waals surface area contributed by atoms with Crippen LogP contribution in [0.4, 0.5) is 0 Å². The first kappa shape index (κ1) is 17.5. The fourth-order valence-corrected chi connectivity index (χ4v) is 3.28. The monoisotopic (exact) mass is 350 g/mol. The molecular weight excluding hydrogens is 332 g/mol. The third kappa shape index (κ3) is 4.81. The molecule has 1 N–H and O–H groups in total. The van der Waals surface area contributed by atoms with Crippen LogP contribution < -0.4 is 5.32 Å². The Labute approximate surface area is 145 Å². The van der Waals surface area contributed by atoms with Crippen molar-refractivity contribution in [2.45, 2.75) is 26.4 Å². The van der Waals surface area contributed by atoms with E-state index in [1.165, 1.54) is 11.3 Å². The molecule has 0 saturated carbocycles. The lowest BCUT2D eigenvalue weighted by Crippen LogP contribution is -2.46. The van der Waals surface area contributed by atoms with Crippen LogP contribution in [0.1, 0.15) is 29.1 Å². The number of carbonyl (C=O) groups excluding carboxylic acids is 2. The van der Waals surface area contributed by atoms with E-state index < -0.39 is 6.04 Å². The number of halogens is 1. The number of amides is 2. The van der Waals surface area contributed by atoms with Crippen LogP contribution in [-0.4, -0.2) is 29.3 Å². The summed E-state index contributed by atoms with van der Waals surface area (Å²) in [6.07, 6.45) is 0. The molecule has 0 fully saturated rings. The third-order valence-corrected chi connectivity index (χ3v) is 4.64. The molecule has 1 unspecified atom stereocenters. The van der Waals surface area contributed by atoms with Crippen LogP contribution in [0, 0.1) is 0 Å². The van der Waals surface area contributed by atoms with Crippen molar-refractivity contribution < 1.29 is 9.59 Å². The molecule has 2 aromatic rings. The van der Waals surface area contributed by atoms with Crippen LogP contribution in [0.25, 0.3) is 0 Å². The van der Waals surface area contributed by atoms with Crippen molar-refractivity contribution >= 4 is 34.8 Å². The Bertz CT molecular complexity index is 672. The van der Waals surface area contributed by atoms with E-state index in [0.717, 1.165) is 4.88 Å². The zero-order valence-corrected chi connectivity index (χ0v) is 14.7. The summed E-state index contributed by atoms with van der Waals surface area (Å²) < 4.78 is 0.703. The van der Waals surface area contributed by atoms with Gasteiger partial charge in [-0.2, -0.15) is 0 Å². The summed E-state index contributed by atoms with van der Waals surface area (Å²) in [6, 6.07) is 12.0. The molecule has 0 aliphatic rings. The summed E-state index contributed by atoms with van der Waals surface area (Å²) in [5.74, 6) is -0.358. The second-order valence-corrected chi connectivity index (χ2v) is 6.92. The lowest BCUT2D eigenvalue weighted by atomic mass is 10.2. The van der Waals surface area contributed by atoms with Gasteiger partial charge in [-0.25, -0.2) is 0 Å². The van der Waals surface area contributed by atoms with Gasteiger partial charge in [0.15, 0.2) is 0 Å². The molecule has 1 atom stereocenters. The number of nitrogens with one attached hydrogen (secondary N) is 1. The number of carbonyl (C=O) groups is 2. The van der Waals surface area contributed by atoms with Gasteiger partial charge >= 0.3 is 0 Å². The normalized spacial score (nSPS) is 11.8. The summed E-state index contributed by atoms with van der Waals surface area (Å²) in [5.41, 5.74) is 0.542. The maximum absolute atomic E-state index is 12.5. The molecule has 0 spiro atoms. The minimum atomic E-state index is -0.585. The molecule has 122 valence electrons. The van der Waals surface area contributed by atoms with E-state index in [-0.39, 0.29) is 11.8 Å². The maximum Gasteiger partial charge on any atom is 0.251 e. The topological polar surface area (TPSA) is 49.4 Å². The van der Waals surface area contributed by atoms with E-state index in [0.29, 0.717) is 23.0 Å². The number of likely N-dealkylation sites (N-methyl/N-ethyl adjacent to an activating group) is 1. The first-order valence-electron chi connectivity index (χ1n) is 7.40. The highest BCUT2D eigenvalue weighted by atomic mass is 35.5. The van der Waals surface area contributed by atoms with Gasteiger partial charge in [-0.1, -0.05) is 29.8 Å². The van der Waals surface area contributed by atoms with Crippen LogP contribution in [-0.2, 0) is 11.3 Å². The van der Waals surface area contributed by atoms with E-state index in [2.05, 4.69) is 5.32 Å². The zero-order valence-electron chi connectivity index (χ0n) is 13.1. The van der Waals surface area contributed by atoms with Gasteiger partial charge in [0.25, 0.3) is 5.91 Å². The summed E-state index contributed by atoms with van der Waals surface area (Å²) >= 11 is 7.38. The second-order valence-electron chi connectivity index (χ2n) is 5.12. The van der Waals surface area contributed by atoms with Crippen LogP contribution >= 0.6 is 22.9 Å². The molecule has 2 amide bonds. The maximum atomic E-state index is 12.5.